The first-order valence-corrected chi connectivity index (χ1v) is 5.72. The van der Waals surface area contributed by atoms with Gasteiger partial charge in [0.25, 0.3) is 0 Å². The van der Waals surface area contributed by atoms with Crippen LogP contribution in [0.1, 0.15) is 18.9 Å². The molecule has 0 heterocycles. The largest absolute Gasteiger partial charge is 0.480 e. The van der Waals surface area contributed by atoms with Crippen LogP contribution in [0, 0.1) is 0 Å². The summed E-state index contributed by atoms with van der Waals surface area (Å²) in [7, 11) is 1.43. The maximum absolute atomic E-state index is 11.7. The molecular weight excluding hydrogens is 234 g/mol. The Labute approximate surface area is 106 Å². The van der Waals surface area contributed by atoms with Crippen molar-refractivity contribution in [3.8, 4) is 0 Å². The summed E-state index contributed by atoms with van der Waals surface area (Å²) in [5.74, 6) is -1.03. The van der Waals surface area contributed by atoms with Crippen LogP contribution in [0.25, 0.3) is 0 Å². The van der Waals surface area contributed by atoms with Gasteiger partial charge >= 0.3 is 12.1 Å². The molecule has 0 saturated heterocycles. The Hall–Kier alpha value is -2.04. The second kappa shape index (κ2) is 6.64. The average Bonchev–Trinajstić information content (AvgIpc) is 2.37. The molecule has 0 aliphatic carbocycles. The number of carbonyl (C=O) groups excluding carboxylic acids is 1. The van der Waals surface area contributed by atoms with Crippen LogP contribution in [0.2, 0.25) is 0 Å². The molecule has 5 nitrogen and oxygen atoms in total. The number of hydrogen-bond acceptors (Lipinski definition) is 3. The molecule has 98 valence electrons. The zero-order valence-electron chi connectivity index (χ0n) is 10.5. The Kier molecular flexibility index (Phi) is 5.17. The fourth-order valence-corrected chi connectivity index (χ4v) is 1.56. The summed E-state index contributed by atoms with van der Waals surface area (Å²) in [4.78, 5) is 23.7. The molecule has 1 atom stereocenters. The van der Waals surface area contributed by atoms with Crippen molar-refractivity contribution in [2.45, 2.75) is 26.0 Å². The Morgan fingerprint density at radius 1 is 1.33 bits per heavy atom. The van der Waals surface area contributed by atoms with Crippen LogP contribution in [0.4, 0.5) is 4.79 Å². The maximum atomic E-state index is 11.7. The van der Waals surface area contributed by atoms with Gasteiger partial charge in [0, 0.05) is 7.05 Å². The van der Waals surface area contributed by atoms with Crippen LogP contribution < -0.4 is 0 Å². The van der Waals surface area contributed by atoms with Crippen molar-refractivity contribution in [1.82, 2.24) is 4.90 Å². The number of aliphatic carboxylic acids is 1. The van der Waals surface area contributed by atoms with E-state index in [1.54, 1.807) is 6.92 Å². The predicted octanol–water partition coefficient (Wildman–Crippen LogP) is 2.12. The third-order valence-electron chi connectivity index (χ3n) is 2.63. The zero-order valence-corrected chi connectivity index (χ0v) is 10.5. The van der Waals surface area contributed by atoms with Crippen molar-refractivity contribution in [2.75, 3.05) is 7.05 Å². The molecule has 0 aliphatic heterocycles. The van der Waals surface area contributed by atoms with Crippen LogP contribution in [0.15, 0.2) is 30.3 Å². The quantitative estimate of drug-likeness (QED) is 0.870. The van der Waals surface area contributed by atoms with E-state index in [4.69, 9.17) is 9.84 Å². The number of hydrogen-bond donors (Lipinski definition) is 1. The number of carbonyl (C=O) groups is 2. The van der Waals surface area contributed by atoms with Gasteiger partial charge in [0.15, 0.2) is 0 Å². The molecule has 0 spiro atoms. The van der Waals surface area contributed by atoms with Gasteiger partial charge < -0.3 is 9.84 Å². The zero-order chi connectivity index (χ0) is 13.5. The van der Waals surface area contributed by atoms with Gasteiger partial charge in [-0.2, -0.15) is 0 Å². The molecular formula is C13H17NO4. The highest BCUT2D eigenvalue weighted by atomic mass is 16.6. The Bertz CT molecular complexity index is 405. The molecule has 0 fully saturated rings. The first-order chi connectivity index (χ1) is 8.56. The summed E-state index contributed by atoms with van der Waals surface area (Å²) in [6.45, 7) is 1.85. The number of carboxylic acid groups (broad SMARTS) is 1. The van der Waals surface area contributed by atoms with Crippen molar-refractivity contribution in [3.05, 3.63) is 35.9 Å². The summed E-state index contributed by atoms with van der Waals surface area (Å²) >= 11 is 0. The predicted molar refractivity (Wildman–Crippen MR) is 66.1 cm³/mol. The smallest absolute Gasteiger partial charge is 0.410 e. The third-order valence-corrected chi connectivity index (χ3v) is 2.63. The van der Waals surface area contributed by atoms with E-state index in [0.29, 0.717) is 6.42 Å². The van der Waals surface area contributed by atoms with Gasteiger partial charge in [-0.3, -0.25) is 4.90 Å². The number of carboxylic acids is 1. The van der Waals surface area contributed by atoms with Gasteiger partial charge in [-0.25, -0.2) is 9.59 Å². The first-order valence-electron chi connectivity index (χ1n) is 5.72. The van der Waals surface area contributed by atoms with E-state index in [-0.39, 0.29) is 6.61 Å². The SMILES string of the molecule is CC[C@@H](C(=O)O)N(C)C(=O)OCc1ccccc1. The summed E-state index contributed by atoms with van der Waals surface area (Å²) in [5.41, 5.74) is 0.864. The molecule has 18 heavy (non-hydrogen) atoms. The number of ether oxygens (including phenoxy) is 1. The van der Waals surface area contributed by atoms with Crippen molar-refractivity contribution >= 4 is 12.1 Å². The summed E-state index contributed by atoms with van der Waals surface area (Å²) in [6, 6.07) is 8.38. The van der Waals surface area contributed by atoms with Crippen LogP contribution >= 0.6 is 0 Å². The minimum absolute atomic E-state index is 0.139. The molecule has 1 rings (SSSR count). The highest BCUT2D eigenvalue weighted by Crippen LogP contribution is 2.07. The van der Waals surface area contributed by atoms with Crippen molar-refractivity contribution in [3.63, 3.8) is 0 Å². The van der Waals surface area contributed by atoms with Crippen LogP contribution in [-0.2, 0) is 16.1 Å². The molecule has 0 bridgehead atoms. The van der Waals surface area contributed by atoms with Gasteiger partial charge in [-0.05, 0) is 12.0 Å². The number of nitrogens with zero attached hydrogens (tertiary/aromatic N) is 1. The molecule has 1 aromatic carbocycles. The standard InChI is InChI=1S/C13H17NO4/c1-3-11(12(15)16)14(2)13(17)18-9-10-7-5-4-6-8-10/h4-8,11H,3,9H2,1-2H3,(H,15,16)/t11-/m0/s1. The fourth-order valence-electron chi connectivity index (χ4n) is 1.56. The lowest BCUT2D eigenvalue weighted by Crippen LogP contribution is -2.42. The molecule has 1 amide bonds. The van der Waals surface area contributed by atoms with Crippen LogP contribution in [0.3, 0.4) is 0 Å². The average molecular weight is 251 g/mol. The molecule has 0 aliphatic rings. The van der Waals surface area contributed by atoms with Gasteiger partial charge in [0.1, 0.15) is 12.6 Å². The van der Waals surface area contributed by atoms with Gasteiger partial charge in [-0.1, -0.05) is 37.3 Å². The van der Waals surface area contributed by atoms with E-state index < -0.39 is 18.1 Å². The summed E-state index contributed by atoms with van der Waals surface area (Å²) in [6.07, 6.45) is -0.292. The Balaban J connectivity index is 2.52. The van der Waals surface area contributed by atoms with E-state index in [1.807, 2.05) is 30.3 Å². The second-order valence-corrected chi connectivity index (χ2v) is 3.91. The molecule has 0 unspecified atom stereocenters. The lowest BCUT2D eigenvalue weighted by molar-refractivity contribution is -0.142. The minimum atomic E-state index is -1.03. The van der Waals surface area contributed by atoms with Crippen molar-refractivity contribution in [1.29, 1.82) is 0 Å². The molecule has 1 N–H and O–H groups in total. The molecule has 0 aromatic heterocycles. The highest BCUT2D eigenvalue weighted by Gasteiger charge is 2.25. The van der Waals surface area contributed by atoms with Crippen LogP contribution in [0.5, 0.6) is 0 Å². The summed E-state index contributed by atoms with van der Waals surface area (Å²) < 4.78 is 5.05. The Morgan fingerprint density at radius 2 is 1.94 bits per heavy atom. The lowest BCUT2D eigenvalue weighted by atomic mass is 10.2. The fraction of sp³-hybridized carbons (Fsp3) is 0.385. The van der Waals surface area contributed by atoms with E-state index in [1.165, 1.54) is 7.05 Å². The number of amides is 1. The van der Waals surface area contributed by atoms with Gasteiger partial charge in [0.2, 0.25) is 0 Å². The minimum Gasteiger partial charge on any atom is -0.480 e. The summed E-state index contributed by atoms with van der Waals surface area (Å²) in [5, 5.41) is 8.93. The van der Waals surface area contributed by atoms with Crippen LogP contribution in [-0.4, -0.2) is 35.2 Å². The van der Waals surface area contributed by atoms with Gasteiger partial charge in [-0.15, -0.1) is 0 Å². The molecule has 0 radical (unpaired) electrons. The third kappa shape index (κ3) is 3.76. The molecule has 0 saturated carbocycles. The Morgan fingerprint density at radius 3 is 2.44 bits per heavy atom. The number of likely N-dealkylation sites (N-methyl/N-ethyl adjacent to an activating group) is 1. The van der Waals surface area contributed by atoms with Crippen molar-refractivity contribution in [2.24, 2.45) is 0 Å². The van der Waals surface area contributed by atoms with E-state index in [2.05, 4.69) is 0 Å². The normalized spacial score (nSPS) is 11.7. The topological polar surface area (TPSA) is 66.8 Å². The second-order valence-electron chi connectivity index (χ2n) is 3.91. The maximum Gasteiger partial charge on any atom is 0.410 e. The van der Waals surface area contributed by atoms with E-state index >= 15 is 0 Å². The first kappa shape index (κ1) is 14.0. The monoisotopic (exact) mass is 251 g/mol. The molecule has 5 heteroatoms. The lowest BCUT2D eigenvalue weighted by Gasteiger charge is -2.22. The van der Waals surface area contributed by atoms with E-state index in [0.717, 1.165) is 10.5 Å². The number of rotatable bonds is 5. The van der Waals surface area contributed by atoms with Crippen molar-refractivity contribution < 1.29 is 19.4 Å². The number of benzene rings is 1. The van der Waals surface area contributed by atoms with E-state index in [9.17, 15) is 9.59 Å². The molecule has 1 aromatic rings. The van der Waals surface area contributed by atoms with Gasteiger partial charge in [0.05, 0.1) is 0 Å². The highest BCUT2D eigenvalue weighted by molar-refractivity contribution is 5.79.